The van der Waals surface area contributed by atoms with Gasteiger partial charge < -0.3 is 10.5 Å². The number of esters is 1. The van der Waals surface area contributed by atoms with Crippen molar-refractivity contribution in [1.82, 2.24) is 0 Å². The molecule has 1 aliphatic carbocycles. The number of rotatable bonds is 4. The molecule has 3 nitrogen and oxygen atoms in total. The normalized spacial score (nSPS) is 32.9. The molecule has 1 saturated carbocycles. The van der Waals surface area contributed by atoms with Gasteiger partial charge in [0.15, 0.2) is 0 Å². The summed E-state index contributed by atoms with van der Waals surface area (Å²) in [6.45, 7) is 8.31. The predicted octanol–water partition coefficient (Wildman–Crippen LogP) is 2.87. The molecular formula is C14H27NO2. The molecule has 4 unspecified atom stereocenters. The Labute approximate surface area is 105 Å². The van der Waals surface area contributed by atoms with Crippen molar-refractivity contribution in [3.05, 3.63) is 0 Å². The maximum Gasteiger partial charge on any atom is 0.326 e. The molecule has 0 saturated heterocycles. The molecule has 2 N–H and O–H groups in total. The van der Waals surface area contributed by atoms with E-state index in [-0.39, 0.29) is 12.1 Å². The number of hydrogen-bond acceptors (Lipinski definition) is 3. The first-order valence-electron chi connectivity index (χ1n) is 6.86. The van der Waals surface area contributed by atoms with Crippen LogP contribution in [0.3, 0.4) is 0 Å². The van der Waals surface area contributed by atoms with Gasteiger partial charge in [-0.15, -0.1) is 0 Å². The molecule has 100 valence electrons. The fraction of sp³-hybridized carbons (Fsp3) is 0.929. The molecule has 0 radical (unpaired) electrons. The summed E-state index contributed by atoms with van der Waals surface area (Å²) in [4.78, 5) is 12.0. The topological polar surface area (TPSA) is 52.3 Å². The average molecular weight is 241 g/mol. The minimum atomic E-state index is -0.818. The second-order valence-corrected chi connectivity index (χ2v) is 5.96. The van der Waals surface area contributed by atoms with E-state index >= 15 is 0 Å². The van der Waals surface area contributed by atoms with Crippen LogP contribution in [0.25, 0.3) is 0 Å². The zero-order chi connectivity index (χ0) is 13.1. The molecule has 0 spiro atoms. The van der Waals surface area contributed by atoms with Crippen molar-refractivity contribution >= 4 is 5.97 Å². The summed E-state index contributed by atoms with van der Waals surface area (Å²) in [5.41, 5.74) is 5.16. The van der Waals surface area contributed by atoms with Crippen LogP contribution in [0.1, 0.15) is 59.8 Å². The molecule has 3 heteroatoms. The minimum Gasteiger partial charge on any atom is -0.461 e. The molecule has 4 atom stereocenters. The molecule has 0 amide bonds. The van der Waals surface area contributed by atoms with Crippen molar-refractivity contribution < 1.29 is 9.53 Å². The van der Waals surface area contributed by atoms with Crippen LogP contribution >= 0.6 is 0 Å². The Morgan fingerprint density at radius 1 is 1.35 bits per heavy atom. The maximum absolute atomic E-state index is 12.0. The van der Waals surface area contributed by atoms with E-state index in [0.717, 1.165) is 31.6 Å². The number of hydrogen-bond donors (Lipinski definition) is 1. The van der Waals surface area contributed by atoms with Crippen LogP contribution in [0, 0.1) is 11.8 Å². The number of carbonyl (C=O) groups excluding carboxylic acids is 1. The molecule has 0 aliphatic heterocycles. The molecule has 1 rings (SSSR count). The van der Waals surface area contributed by atoms with E-state index in [1.807, 2.05) is 6.92 Å². The highest BCUT2D eigenvalue weighted by atomic mass is 16.5. The molecule has 0 aromatic heterocycles. The fourth-order valence-corrected chi connectivity index (χ4v) is 2.51. The van der Waals surface area contributed by atoms with Crippen molar-refractivity contribution in [2.24, 2.45) is 17.6 Å². The lowest BCUT2D eigenvalue weighted by molar-refractivity contribution is -0.158. The van der Waals surface area contributed by atoms with Crippen LogP contribution in [-0.2, 0) is 9.53 Å². The molecule has 1 aliphatic rings. The standard InChI is InChI=1S/C14H27NO2/c1-5-8-14(4,15)13(16)17-12-7-6-10(2)11(3)9-12/h10-12H,5-9,15H2,1-4H3. The summed E-state index contributed by atoms with van der Waals surface area (Å²) in [5, 5.41) is 0. The molecule has 0 aromatic rings. The predicted molar refractivity (Wildman–Crippen MR) is 69.6 cm³/mol. The SMILES string of the molecule is CCCC(C)(N)C(=O)OC1CCC(C)C(C)C1. The van der Waals surface area contributed by atoms with Crippen LogP contribution in [0.5, 0.6) is 0 Å². The average Bonchev–Trinajstić information content (AvgIpc) is 2.23. The zero-order valence-electron chi connectivity index (χ0n) is 11.7. The molecule has 0 heterocycles. The highest BCUT2D eigenvalue weighted by Crippen LogP contribution is 2.31. The lowest BCUT2D eigenvalue weighted by Crippen LogP contribution is -2.47. The van der Waals surface area contributed by atoms with Gasteiger partial charge in [-0.05, 0) is 44.4 Å². The van der Waals surface area contributed by atoms with E-state index in [9.17, 15) is 4.79 Å². The van der Waals surface area contributed by atoms with E-state index < -0.39 is 5.54 Å². The third kappa shape index (κ3) is 3.98. The van der Waals surface area contributed by atoms with E-state index in [1.54, 1.807) is 6.92 Å². The van der Waals surface area contributed by atoms with Crippen molar-refractivity contribution in [3.8, 4) is 0 Å². The van der Waals surface area contributed by atoms with Gasteiger partial charge in [0.1, 0.15) is 11.6 Å². The van der Waals surface area contributed by atoms with Crippen LogP contribution in [0.15, 0.2) is 0 Å². The minimum absolute atomic E-state index is 0.0773. The van der Waals surface area contributed by atoms with Crippen LogP contribution in [0.2, 0.25) is 0 Å². The Morgan fingerprint density at radius 2 is 2.00 bits per heavy atom. The van der Waals surface area contributed by atoms with E-state index in [1.165, 1.54) is 0 Å². The fourth-order valence-electron chi connectivity index (χ4n) is 2.51. The van der Waals surface area contributed by atoms with Gasteiger partial charge in [-0.25, -0.2) is 0 Å². The zero-order valence-corrected chi connectivity index (χ0v) is 11.7. The Kier molecular flexibility index (Phi) is 4.99. The van der Waals surface area contributed by atoms with E-state index in [2.05, 4.69) is 13.8 Å². The third-order valence-electron chi connectivity index (χ3n) is 4.06. The summed E-state index contributed by atoms with van der Waals surface area (Å²) < 4.78 is 5.56. The van der Waals surface area contributed by atoms with Gasteiger partial charge in [-0.1, -0.05) is 27.2 Å². The lowest BCUT2D eigenvalue weighted by atomic mass is 9.80. The summed E-state index contributed by atoms with van der Waals surface area (Å²) in [6, 6.07) is 0. The Bertz CT molecular complexity index is 263. The van der Waals surface area contributed by atoms with Crippen LogP contribution < -0.4 is 5.73 Å². The van der Waals surface area contributed by atoms with Crippen molar-refractivity contribution in [3.63, 3.8) is 0 Å². The maximum atomic E-state index is 12.0. The van der Waals surface area contributed by atoms with Gasteiger partial charge in [-0.3, -0.25) is 4.79 Å². The Morgan fingerprint density at radius 3 is 2.53 bits per heavy atom. The third-order valence-corrected chi connectivity index (χ3v) is 4.06. The number of nitrogens with two attached hydrogens (primary N) is 1. The van der Waals surface area contributed by atoms with Crippen LogP contribution in [0.4, 0.5) is 0 Å². The van der Waals surface area contributed by atoms with Gasteiger partial charge in [-0.2, -0.15) is 0 Å². The highest BCUT2D eigenvalue weighted by Gasteiger charge is 2.33. The molecule has 0 bridgehead atoms. The Hall–Kier alpha value is -0.570. The summed E-state index contributed by atoms with van der Waals surface area (Å²) in [7, 11) is 0. The quantitative estimate of drug-likeness (QED) is 0.770. The number of carbonyl (C=O) groups is 1. The highest BCUT2D eigenvalue weighted by molar-refractivity contribution is 5.80. The van der Waals surface area contributed by atoms with E-state index in [0.29, 0.717) is 12.3 Å². The first-order valence-corrected chi connectivity index (χ1v) is 6.86. The number of ether oxygens (including phenoxy) is 1. The van der Waals surface area contributed by atoms with Gasteiger partial charge in [0, 0.05) is 0 Å². The first kappa shape index (κ1) is 14.5. The first-order chi connectivity index (χ1) is 7.86. The molecular weight excluding hydrogens is 214 g/mol. The van der Waals surface area contributed by atoms with Crippen LogP contribution in [-0.4, -0.2) is 17.6 Å². The van der Waals surface area contributed by atoms with Crippen molar-refractivity contribution in [2.45, 2.75) is 71.4 Å². The summed E-state index contributed by atoms with van der Waals surface area (Å²) in [6.07, 6.45) is 4.78. The molecule has 0 aromatic carbocycles. The van der Waals surface area contributed by atoms with Gasteiger partial charge in [0.05, 0.1) is 0 Å². The van der Waals surface area contributed by atoms with Gasteiger partial charge in [0.2, 0.25) is 0 Å². The molecule has 17 heavy (non-hydrogen) atoms. The van der Waals surface area contributed by atoms with Gasteiger partial charge >= 0.3 is 5.97 Å². The smallest absolute Gasteiger partial charge is 0.326 e. The Balaban J connectivity index is 2.46. The van der Waals surface area contributed by atoms with Crippen molar-refractivity contribution in [2.75, 3.05) is 0 Å². The monoisotopic (exact) mass is 241 g/mol. The molecule has 1 fully saturated rings. The largest absolute Gasteiger partial charge is 0.461 e. The second-order valence-electron chi connectivity index (χ2n) is 5.96. The van der Waals surface area contributed by atoms with Crippen molar-refractivity contribution in [1.29, 1.82) is 0 Å². The van der Waals surface area contributed by atoms with E-state index in [4.69, 9.17) is 10.5 Å². The summed E-state index contributed by atoms with van der Waals surface area (Å²) >= 11 is 0. The second kappa shape index (κ2) is 5.85. The van der Waals surface area contributed by atoms with Gasteiger partial charge in [0.25, 0.3) is 0 Å². The summed E-state index contributed by atoms with van der Waals surface area (Å²) in [5.74, 6) is 1.15. The lowest BCUT2D eigenvalue weighted by Gasteiger charge is -2.33.